The van der Waals surface area contributed by atoms with Crippen molar-refractivity contribution in [2.24, 2.45) is 5.73 Å². The van der Waals surface area contributed by atoms with Gasteiger partial charge in [-0.3, -0.25) is 81.5 Å². The maximum Gasteiger partial charge on any atom is 0.326 e. The highest BCUT2D eigenvalue weighted by Gasteiger charge is 2.44. The number of benzene rings is 5. The van der Waals surface area contributed by atoms with Crippen LogP contribution in [-0.2, 0) is 128 Å². The molecule has 3 aliphatic heterocycles. The Bertz CT molecular complexity index is 4610. The lowest BCUT2D eigenvalue weighted by Gasteiger charge is -2.31. The van der Waals surface area contributed by atoms with Crippen LogP contribution in [0.2, 0.25) is 0 Å². The number of aliphatic carboxylic acids is 1. The van der Waals surface area contributed by atoms with E-state index >= 15 is 38.4 Å². The van der Waals surface area contributed by atoms with Crippen LogP contribution >= 0.6 is 0 Å². The molecule has 5 aromatic rings. The summed E-state index contributed by atoms with van der Waals surface area (Å²) < 4.78 is 10.7. The van der Waals surface area contributed by atoms with Gasteiger partial charge in [0.15, 0.2) is 0 Å². The number of phenolic OH excluding ortho intramolecular Hbond substituents is 2. The fraction of sp³-hybridized carbons (Fsp3) is 0.429. The predicted molar refractivity (Wildman–Crippen MR) is 434 cm³/mol. The van der Waals surface area contributed by atoms with E-state index in [0.717, 1.165) is 25.9 Å². The molecule has 0 spiro atoms. The Morgan fingerprint density at radius 2 is 1.03 bits per heavy atom. The molecule has 2 bridgehead atoms. The van der Waals surface area contributed by atoms with Crippen molar-refractivity contribution in [1.29, 1.82) is 0 Å². The van der Waals surface area contributed by atoms with Crippen LogP contribution in [0.5, 0.6) is 11.5 Å². The zero-order chi connectivity index (χ0) is 89.4. The molecular weight excluding hydrogens is 1600 g/mol. The van der Waals surface area contributed by atoms with E-state index in [4.69, 9.17) is 15.2 Å². The number of methoxy groups -OCH3 is 1. The lowest BCUT2D eigenvalue weighted by Crippen LogP contribution is -2.62. The molecule has 3 aliphatic rings. The van der Waals surface area contributed by atoms with Crippen molar-refractivity contribution in [2.75, 3.05) is 26.8 Å². The van der Waals surface area contributed by atoms with Crippen LogP contribution in [0.15, 0.2) is 140 Å². The number of esters is 2. The lowest BCUT2D eigenvalue weighted by molar-refractivity contribution is -0.154. The number of hydrogen-bond acceptors (Lipinski definition) is 23. The van der Waals surface area contributed by atoms with Crippen LogP contribution in [0.4, 0.5) is 0 Å². The monoisotopic (exact) mass is 1710 g/mol. The Kier molecular flexibility index (Phi) is 35.9. The first kappa shape index (κ1) is 94.6. The zero-order valence-electron chi connectivity index (χ0n) is 67.8. The van der Waals surface area contributed by atoms with Crippen molar-refractivity contribution in [2.45, 2.75) is 201 Å². The summed E-state index contributed by atoms with van der Waals surface area (Å²) in [4.78, 5) is 262. The molecule has 5 aromatic carbocycles. The van der Waals surface area contributed by atoms with Crippen molar-refractivity contribution >= 4 is 107 Å². The first-order chi connectivity index (χ1) is 58.7. The summed E-state index contributed by atoms with van der Waals surface area (Å²) >= 11 is 0. The largest absolute Gasteiger partial charge is 0.508 e. The van der Waals surface area contributed by atoms with E-state index in [1.165, 1.54) is 60.7 Å². The number of ether oxygens (including phenoxy) is 2. The fourth-order valence-corrected chi connectivity index (χ4v) is 14.0. The minimum atomic E-state index is -2.33. The van der Waals surface area contributed by atoms with Gasteiger partial charge in [-0.1, -0.05) is 115 Å². The topological polar surface area (TPSA) is 592 Å². The number of fused-ring (bicyclic) bond motifs is 12. The molecule has 0 aliphatic carbocycles. The van der Waals surface area contributed by atoms with Gasteiger partial charge in [0, 0.05) is 65.0 Å². The van der Waals surface area contributed by atoms with E-state index in [0.29, 0.717) is 22.3 Å². The summed E-state index contributed by atoms with van der Waals surface area (Å²) in [6.45, 7) is 0.492. The quantitative estimate of drug-likeness (QED) is 0.0270. The van der Waals surface area contributed by atoms with E-state index in [9.17, 15) is 68.4 Å². The molecule has 3 heterocycles. The second kappa shape index (κ2) is 46.6. The van der Waals surface area contributed by atoms with E-state index in [1.54, 1.807) is 78.9 Å². The maximum atomic E-state index is 15.6. The van der Waals surface area contributed by atoms with Gasteiger partial charge in [0.2, 0.25) is 88.6 Å². The van der Waals surface area contributed by atoms with Crippen molar-refractivity contribution in [3.63, 3.8) is 0 Å². The Morgan fingerprint density at radius 3 is 1.60 bits per heavy atom. The van der Waals surface area contributed by atoms with Crippen LogP contribution in [0.25, 0.3) is 0 Å². The highest BCUT2D eigenvalue weighted by Crippen LogP contribution is 2.23. The average Bonchev–Trinajstić information content (AvgIpc) is 1.62. The van der Waals surface area contributed by atoms with Crippen molar-refractivity contribution < 1.29 is 116 Å². The molecule has 123 heavy (non-hydrogen) atoms. The number of aromatic hydroxyl groups is 2. The second-order valence-corrected chi connectivity index (χ2v) is 29.9. The fourth-order valence-electron chi connectivity index (χ4n) is 14.0. The van der Waals surface area contributed by atoms with E-state index < -0.39 is 249 Å². The number of rotatable bonds is 24. The summed E-state index contributed by atoms with van der Waals surface area (Å²) in [6, 6.07) is 10.5. The molecular formula is C84H103N15O24. The predicted octanol–water partition coefficient (Wildman–Crippen LogP) is -3.24. The Balaban J connectivity index is 1.30. The van der Waals surface area contributed by atoms with Crippen molar-refractivity contribution in [3.05, 3.63) is 167 Å². The maximum absolute atomic E-state index is 15.6. The number of carboxylic acid groups (broad SMARTS) is 1. The Labute approximate surface area is 706 Å². The lowest BCUT2D eigenvalue weighted by atomic mass is 10.0. The molecule has 14 atom stereocenters. The number of primary amides is 1. The first-order valence-corrected chi connectivity index (χ1v) is 40.0. The van der Waals surface area contributed by atoms with E-state index in [1.807, 2.05) is 0 Å². The number of carbonyl (C=O) groups is 18. The number of hydrogen-bond donors (Lipinski definition) is 18. The number of carbonyl (C=O) groups excluding carboxylic acids is 17. The van der Waals surface area contributed by atoms with Gasteiger partial charge in [-0.15, -0.1) is 0 Å². The highest BCUT2D eigenvalue weighted by atomic mass is 16.5. The third-order valence-corrected chi connectivity index (χ3v) is 20.5. The van der Waals surface area contributed by atoms with E-state index in [-0.39, 0.29) is 81.5 Å². The van der Waals surface area contributed by atoms with Gasteiger partial charge >= 0.3 is 17.9 Å². The van der Waals surface area contributed by atoms with Crippen LogP contribution in [-0.4, -0.2) is 243 Å². The number of nitrogens with zero attached hydrogens (tertiary/aromatic N) is 1. The zero-order valence-corrected chi connectivity index (χ0v) is 67.8. The summed E-state index contributed by atoms with van der Waals surface area (Å²) in [7, 11) is 1.02. The first-order valence-electron chi connectivity index (χ1n) is 40.0. The van der Waals surface area contributed by atoms with Gasteiger partial charge in [-0.05, 0) is 104 Å². The summed E-state index contributed by atoms with van der Waals surface area (Å²) in [5, 5.41) is 74.5. The third-order valence-electron chi connectivity index (χ3n) is 20.5. The number of amides is 15. The van der Waals surface area contributed by atoms with Gasteiger partial charge in [0.05, 0.1) is 26.6 Å². The highest BCUT2D eigenvalue weighted by molar-refractivity contribution is 6.02. The van der Waals surface area contributed by atoms with Crippen LogP contribution in [0, 0.1) is 0 Å². The standard InChI is InChI=1S/C84H103N15O24/c1-46-71(98-79(115)61(43-67(85)104)92-75(111)58(87-47(2)101)38-48-16-7-4-8-17-48)82(118)94-60(40-51-24-28-53(102)29-25-51)77(113)88-55-22-13-14-36-86-68(105)34-32-56(74(110)96-64(84(120)121)42-50-20-11-6-12-21-50)89-73(109)57(33-35-69(106)122-3)90-76(112)59(39-49-18-9-5-10-19-49)91-78(114)62(44-70(107)123-46)93-80(116)65(45-100)97-81(117)66-23-15-37-99(66)83(119)63(95-72(55)108)41-52-26-30-54(103)31-27-52/h4-12,16-21,24-31,46,55-66,71,100,102-103H,13-15,22-23,32-45H2,1-3H3,(H2,85,104)(H,86,105)(H,87,101)(H,88,113)(H,89,109)(H,90,112)(H,91,114)(H,92,111)(H,93,116)(H,94,118)(H,95,108)(H,96,110)(H,97,117)(H,98,115)(H,120,121)/t46-,55+,56+,57+,58+,59+,60+,61+,62+,63+,64+,65+,66+,71+/m1/s1. The molecule has 3 fully saturated rings. The average molecular weight is 1710 g/mol. The molecule has 0 saturated carbocycles. The molecule has 0 unspecified atom stereocenters. The second-order valence-electron chi connectivity index (χ2n) is 29.9. The minimum Gasteiger partial charge on any atom is -0.508 e. The molecule has 0 radical (unpaired) electrons. The third kappa shape index (κ3) is 29.8. The molecule has 8 rings (SSSR count). The SMILES string of the molecule is COC(=O)CC[C@@H]1NC(=O)[C@H](Cc2ccccc2)NC(=O)[C@@H]2CC(=O)O[C@H](C)[C@H](NC(=O)[C@H](CC(N)=O)NC(=O)[C@H](Cc3ccccc3)NC(C)=O)C(=O)N[C@@H](Cc3ccc(O)cc3)C(=O)N[C@@H](CCCCNC(=O)CC[C@@H](C(=O)N[C@@H](Cc3ccccc3)C(=O)O)NC1=O)C(=O)N[C@@H](Cc1ccc(O)cc1)C(=O)N1CCC[C@H]1C(=O)N[C@@H](CO)C(=O)N2. The molecule has 39 heteroatoms. The van der Waals surface area contributed by atoms with Gasteiger partial charge in [-0.25, -0.2) is 4.79 Å². The number of carboxylic acids is 1. The van der Waals surface area contributed by atoms with Crippen LogP contribution < -0.4 is 74.9 Å². The van der Waals surface area contributed by atoms with Crippen molar-refractivity contribution in [1.82, 2.24) is 74.0 Å². The number of aliphatic hydroxyl groups is 1. The van der Waals surface area contributed by atoms with Gasteiger partial charge in [0.25, 0.3) is 0 Å². The summed E-state index contributed by atoms with van der Waals surface area (Å²) in [6.07, 6.45) is -9.11. The minimum absolute atomic E-state index is 0.0308. The molecule has 15 amide bonds. The van der Waals surface area contributed by atoms with Crippen LogP contribution in [0.3, 0.4) is 0 Å². The molecule has 0 aromatic heterocycles. The van der Waals surface area contributed by atoms with Crippen molar-refractivity contribution in [3.8, 4) is 11.5 Å². The van der Waals surface area contributed by atoms with E-state index in [2.05, 4.69) is 69.1 Å². The summed E-state index contributed by atoms with van der Waals surface area (Å²) in [5.41, 5.74) is 7.51. The number of phenols is 2. The number of nitrogens with two attached hydrogens (primary N) is 1. The number of nitrogens with one attached hydrogen (secondary N) is 13. The van der Waals surface area contributed by atoms with Gasteiger partial charge in [-0.2, -0.15) is 0 Å². The van der Waals surface area contributed by atoms with Gasteiger partial charge < -0.3 is 110 Å². The molecule has 3 saturated heterocycles. The summed E-state index contributed by atoms with van der Waals surface area (Å²) in [5.74, 6) is -21.7. The molecule has 19 N–H and O–H groups in total. The Hall–Kier alpha value is -13.9. The normalized spacial score (nSPS) is 22.9. The molecule has 39 nitrogen and oxygen atoms in total. The smallest absolute Gasteiger partial charge is 0.326 e. The van der Waals surface area contributed by atoms with Gasteiger partial charge in [0.1, 0.15) is 96.1 Å². The number of aliphatic hydroxyl groups excluding tert-OH is 1. The van der Waals surface area contributed by atoms with Crippen LogP contribution in [0.1, 0.15) is 112 Å². The molecule has 658 valence electrons. The Morgan fingerprint density at radius 1 is 0.528 bits per heavy atom.